The number of hydrogen-bond acceptors (Lipinski definition) is 1. The van der Waals surface area contributed by atoms with Gasteiger partial charge in [-0.3, -0.25) is 0 Å². The fraction of sp³-hybridized carbons (Fsp3) is 0.600. The first-order valence-electron chi connectivity index (χ1n) is 8.86. The molecule has 1 aromatic carbocycles. The van der Waals surface area contributed by atoms with Crippen LogP contribution in [-0.2, 0) is 0 Å². The van der Waals surface area contributed by atoms with Crippen LogP contribution in [0.5, 0.6) is 0 Å². The van der Waals surface area contributed by atoms with Gasteiger partial charge in [0.05, 0.1) is 18.3 Å². The summed E-state index contributed by atoms with van der Waals surface area (Å²) in [7, 11) is 2.00. The van der Waals surface area contributed by atoms with Crippen molar-refractivity contribution in [2.75, 3.05) is 11.9 Å². The molecular formula is C20H34NSi2. The number of benzene rings is 1. The zero-order valence-electron chi connectivity index (χ0n) is 16.2. The Kier molecular flexibility index (Phi) is 7.34. The van der Waals surface area contributed by atoms with Crippen molar-refractivity contribution in [2.24, 2.45) is 0 Å². The second-order valence-corrected chi connectivity index (χ2v) is 14.3. The predicted octanol–water partition coefficient (Wildman–Crippen LogP) is 5.45. The molecule has 0 spiro atoms. The van der Waals surface area contributed by atoms with Gasteiger partial charge in [-0.2, -0.15) is 0 Å². The predicted molar refractivity (Wildman–Crippen MR) is 110 cm³/mol. The van der Waals surface area contributed by atoms with Crippen molar-refractivity contribution in [3.63, 3.8) is 0 Å². The Bertz CT molecular complexity index is 519. The maximum atomic E-state index is 3.71. The maximum Gasteiger partial charge on any atom is 0.0969 e. The first-order valence-corrected chi connectivity index (χ1v) is 11.6. The van der Waals surface area contributed by atoms with E-state index >= 15 is 0 Å². The molecule has 0 amide bonds. The Morgan fingerprint density at radius 1 is 0.957 bits per heavy atom. The van der Waals surface area contributed by atoms with E-state index in [9.17, 15) is 0 Å². The molecule has 1 N–H and O–H groups in total. The summed E-state index contributed by atoms with van der Waals surface area (Å²) in [6, 6.07) is 9.02. The smallest absolute Gasteiger partial charge is 0.0969 e. The highest BCUT2D eigenvalue weighted by Crippen LogP contribution is 2.42. The molecule has 0 aliphatic rings. The van der Waals surface area contributed by atoms with Crippen molar-refractivity contribution >= 4 is 29.2 Å². The quantitative estimate of drug-likeness (QED) is 0.649. The van der Waals surface area contributed by atoms with E-state index in [4.69, 9.17) is 0 Å². The molecule has 0 aromatic heterocycles. The highest BCUT2D eigenvalue weighted by atomic mass is 28.3. The van der Waals surface area contributed by atoms with Crippen molar-refractivity contribution in [3.8, 4) is 0 Å². The van der Waals surface area contributed by atoms with Crippen LogP contribution in [0.3, 0.4) is 0 Å². The van der Waals surface area contributed by atoms with Crippen molar-refractivity contribution in [2.45, 2.75) is 72.0 Å². The molecule has 127 valence electrons. The fourth-order valence-corrected chi connectivity index (χ4v) is 11.3. The summed E-state index contributed by atoms with van der Waals surface area (Å²) in [5.41, 5.74) is 4.85. The first kappa shape index (κ1) is 20.2. The maximum absolute atomic E-state index is 3.71. The van der Waals surface area contributed by atoms with Crippen LogP contribution in [0.2, 0.25) is 16.6 Å². The fourth-order valence-electron chi connectivity index (χ4n) is 4.31. The van der Waals surface area contributed by atoms with E-state index in [1.807, 2.05) is 0 Å². The monoisotopic (exact) mass is 344 g/mol. The van der Waals surface area contributed by atoms with Gasteiger partial charge in [0.25, 0.3) is 0 Å². The molecular weight excluding hydrogens is 310 g/mol. The van der Waals surface area contributed by atoms with E-state index in [1.165, 1.54) is 16.5 Å². The Morgan fingerprint density at radius 3 is 1.87 bits per heavy atom. The summed E-state index contributed by atoms with van der Waals surface area (Å²) in [4.78, 5) is 0. The van der Waals surface area contributed by atoms with Gasteiger partial charge >= 0.3 is 0 Å². The van der Waals surface area contributed by atoms with Crippen molar-refractivity contribution in [1.82, 2.24) is 0 Å². The van der Waals surface area contributed by atoms with E-state index in [-0.39, 0.29) is 0 Å². The topological polar surface area (TPSA) is 12.0 Å². The molecule has 3 radical (unpaired) electrons. The van der Waals surface area contributed by atoms with Crippen molar-refractivity contribution in [3.05, 3.63) is 35.0 Å². The summed E-state index contributed by atoms with van der Waals surface area (Å²) in [5, 5.41) is 6.52. The van der Waals surface area contributed by atoms with Gasteiger partial charge in [0.2, 0.25) is 0 Å². The van der Waals surface area contributed by atoms with Crippen molar-refractivity contribution < 1.29 is 0 Å². The summed E-state index contributed by atoms with van der Waals surface area (Å²) >= 11 is 0. The van der Waals surface area contributed by atoms with E-state index in [0.29, 0.717) is 0 Å². The Labute approximate surface area is 148 Å². The molecule has 0 atom stereocenters. The minimum atomic E-state index is -1.64. The second-order valence-electron chi connectivity index (χ2n) is 7.70. The Morgan fingerprint density at radius 2 is 1.43 bits per heavy atom. The molecule has 0 saturated heterocycles. The van der Waals surface area contributed by atoms with Gasteiger partial charge in [0, 0.05) is 12.2 Å². The molecule has 1 nitrogen and oxygen atoms in total. The molecule has 0 unspecified atom stereocenters. The summed E-state index contributed by atoms with van der Waals surface area (Å²) in [6.45, 7) is 19.7. The van der Waals surface area contributed by atoms with Gasteiger partial charge in [0.15, 0.2) is 0 Å². The largest absolute Gasteiger partial charge is 0.381 e. The van der Waals surface area contributed by atoms with Crippen LogP contribution in [0.1, 0.15) is 55.4 Å². The number of para-hydroxylation sites is 1. The van der Waals surface area contributed by atoms with Crippen molar-refractivity contribution in [1.29, 1.82) is 0 Å². The minimum Gasteiger partial charge on any atom is -0.381 e. The summed E-state index contributed by atoms with van der Waals surface area (Å²) in [5.74, 6) is 0. The minimum absolute atomic E-state index is 0.722. The summed E-state index contributed by atoms with van der Waals surface area (Å²) in [6.07, 6.45) is 0. The third-order valence-corrected chi connectivity index (χ3v) is 13.0. The average Bonchev–Trinajstić information content (AvgIpc) is 2.45. The van der Waals surface area contributed by atoms with E-state index in [1.54, 1.807) is 5.19 Å². The lowest BCUT2D eigenvalue weighted by Crippen LogP contribution is -2.56. The molecule has 0 aliphatic carbocycles. The highest BCUT2D eigenvalue weighted by Gasteiger charge is 2.45. The van der Waals surface area contributed by atoms with Gasteiger partial charge in [-0.15, -0.1) is 0 Å². The summed E-state index contributed by atoms with van der Waals surface area (Å²) < 4.78 is 0. The lowest BCUT2D eigenvalue weighted by Gasteiger charge is -2.44. The second kappa shape index (κ2) is 8.34. The first-order chi connectivity index (χ1) is 10.7. The molecule has 1 aromatic rings. The Hall–Kier alpha value is -0.806. The number of allylic oxidation sites excluding steroid dienone is 1. The zero-order chi connectivity index (χ0) is 17.8. The van der Waals surface area contributed by atoms with Gasteiger partial charge < -0.3 is 5.32 Å². The van der Waals surface area contributed by atoms with Crippen LogP contribution in [-0.4, -0.2) is 24.9 Å². The standard InChI is InChI=1S/C20H34NSi2/c1-14(2)23(15(3)4,16(5)6)20-12-10-9-11-19(20)21-13-17(7)18(8)22/h9-12,14-16,21H,13H2,1-8H3. The third kappa shape index (κ3) is 4.18. The molecule has 3 heteroatoms. The third-order valence-electron chi connectivity index (χ3n) is 5.44. The number of rotatable bonds is 7. The van der Waals surface area contributed by atoms with Crippen LogP contribution < -0.4 is 10.5 Å². The van der Waals surface area contributed by atoms with E-state index in [2.05, 4.69) is 95.2 Å². The van der Waals surface area contributed by atoms with Crippen LogP contribution in [0, 0.1) is 0 Å². The molecule has 23 heavy (non-hydrogen) atoms. The highest BCUT2D eigenvalue weighted by molar-refractivity contribution is 6.95. The lowest BCUT2D eigenvalue weighted by molar-refractivity contribution is 0.835. The lowest BCUT2D eigenvalue weighted by atomic mass is 10.2. The zero-order valence-corrected chi connectivity index (χ0v) is 18.2. The van der Waals surface area contributed by atoms with E-state index < -0.39 is 8.07 Å². The molecule has 0 fully saturated rings. The van der Waals surface area contributed by atoms with Crippen LogP contribution in [0.4, 0.5) is 5.69 Å². The van der Waals surface area contributed by atoms with Crippen LogP contribution >= 0.6 is 0 Å². The normalized spacial score (nSPS) is 13.7. The molecule has 1 rings (SSSR count). The van der Waals surface area contributed by atoms with E-state index in [0.717, 1.165) is 23.2 Å². The van der Waals surface area contributed by atoms with Gasteiger partial charge in [-0.05, 0) is 41.7 Å². The average molecular weight is 345 g/mol. The number of hydrogen-bond donors (Lipinski definition) is 1. The van der Waals surface area contributed by atoms with Crippen LogP contribution in [0.15, 0.2) is 35.0 Å². The molecule has 0 bridgehead atoms. The molecule has 0 aliphatic heterocycles. The van der Waals surface area contributed by atoms with Gasteiger partial charge in [0.1, 0.15) is 0 Å². The van der Waals surface area contributed by atoms with Gasteiger partial charge in [-0.1, -0.05) is 70.5 Å². The number of nitrogens with one attached hydrogen (secondary N) is 1. The molecule has 0 saturated carbocycles. The SMILES string of the molecule is CC([Si])=C(C)CNc1ccccc1[Si](C(C)C)(C(C)C)C(C)C. The van der Waals surface area contributed by atoms with Gasteiger partial charge in [-0.25, -0.2) is 0 Å². The van der Waals surface area contributed by atoms with Crippen LogP contribution in [0.25, 0.3) is 0 Å². The molecule has 0 heterocycles. The number of anilines is 1. The Balaban J connectivity index is 3.37.